The van der Waals surface area contributed by atoms with Gasteiger partial charge in [0.1, 0.15) is 0 Å². The predicted molar refractivity (Wildman–Crippen MR) is 132 cm³/mol. The molecule has 2 atom stereocenters. The number of nitrogens with one attached hydrogen (secondary N) is 1. The molecule has 0 amide bonds. The SMILES string of the molecule is CC(C)c1ccc(C2CC(=O)C3=C(C2)Nc2nc4ccccc4n2C3c2ccccc2)cc1. The number of aromatic nitrogens is 2. The van der Waals surface area contributed by atoms with Crippen LogP contribution in [0.3, 0.4) is 0 Å². The van der Waals surface area contributed by atoms with Gasteiger partial charge in [0.25, 0.3) is 0 Å². The number of allylic oxidation sites excluding steroid dienone is 2. The van der Waals surface area contributed by atoms with Crippen molar-refractivity contribution in [2.24, 2.45) is 0 Å². The second-order valence-electron chi connectivity index (χ2n) is 9.47. The third-order valence-corrected chi connectivity index (χ3v) is 7.09. The molecule has 164 valence electrons. The fraction of sp³-hybridized carbons (Fsp3) is 0.241. The second kappa shape index (κ2) is 7.73. The van der Waals surface area contributed by atoms with Gasteiger partial charge in [-0.15, -0.1) is 0 Å². The quantitative estimate of drug-likeness (QED) is 0.397. The Labute approximate surface area is 194 Å². The van der Waals surface area contributed by atoms with Gasteiger partial charge in [0.05, 0.1) is 17.1 Å². The molecule has 3 aromatic carbocycles. The van der Waals surface area contributed by atoms with Crippen molar-refractivity contribution in [2.75, 3.05) is 5.32 Å². The standard InChI is InChI=1S/C29H27N3O/c1-18(2)19-12-14-20(15-13-19)22-16-24-27(26(33)17-22)28(21-8-4-3-5-9-21)32-25-11-7-6-10-23(25)30-29(32)31-24/h3-15,18,22,28H,16-17H2,1-2H3,(H,30,31). The predicted octanol–water partition coefficient (Wildman–Crippen LogP) is 6.58. The van der Waals surface area contributed by atoms with Gasteiger partial charge in [0.15, 0.2) is 5.78 Å². The number of imidazole rings is 1. The number of anilines is 1. The van der Waals surface area contributed by atoms with E-state index in [1.807, 2.05) is 36.4 Å². The first-order valence-corrected chi connectivity index (χ1v) is 11.7. The number of para-hydroxylation sites is 2. The van der Waals surface area contributed by atoms with E-state index in [2.05, 4.69) is 66.2 Å². The van der Waals surface area contributed by atoms with Crippen molar-refractivity contribution in [1.29, 1.82) is 0 Å². The Morgan fingerprint density at radius 3 is 2.36 bits per heavy atom. The lowest BCUT2D eigenvalue weighted by molar-refractivity contribution is -0.116. The number of rotatable bonds is 3. The van der Waals surface area contributed by atoms with Crippen molar-refractivity contribution >= 4 is 22.8 Å². The molecule has 0 radical (unpaired) electrons. The lowest BCUT2D eigenvalue weighted by atomic mass is 9.77. The molecule has 2 heterocycles. The third kappa shape index (κ3) is 3.29. The molecule has 6 rings (SSSR count). The van der Waals surface area contributed by atoms with E-state index in [-0.39, 0.29) is 17.7 Å². The largest absolute Gasteiger partial charge is 0.329 e. The third-order valence-electron chi connectivity index (χ3n) is 7.09. The first-order chi connectivity index (χ1) is 16.1. The summed E-state index contributed by atoms with van der Waals surface area (Å²) in [5.74, 6) is 1.71. The van der Waals surface area contributed by atoms with Crippen LogP contribution in [0.1, 0.15) is 61.3 Å². The van der Waals surface area contributed by atoms with Crippen molar-refractivity contribution in [3.05, 3.63) is 107 Å². The molecule has 0 saturated carbocycles. The molecule has 1 N–H and O–H groups in total. The summed E-state index contributed by atoms with van der Waals surface area (Å²) in [6, 6.07) is 27.1. The van der Waals surface area contributed by atoms with Crippen molar-refractivity contribution < 1.29 is 4.79 Å². The lowest BCUT2D eigenvalue weighted by Crippen LogP contribution is -2.33. The first kappa shape index (κ1) is 20.0. The van der Waals surface area contributed by atoms with Gasteiger partial charge in [0, 0.05) is 17.7 Å². The number of carbonyl (C=O) groups is 1. The number of hydrogen-bond acceptors (Lipinski definition) is 3. The van der Waals surface area contributed by atoms with Crippen LogP contribution in [0.25, 0.3) is 11.0 Å². The number of nitrogens with zero attached hydrogens (tertiary/aromatic N) is 2. The van der Waals surface area contributed by atoms with Gasteiger partial charge in [-0.1, -0.05) is 80.6 Å². The summed E-state index contributed by atoms with van der Waals surface area (Å²) < 4.78 is 2.19. The van der Waals surface area contributed by atoms with Crippen LogP contribution in [0.15, 0.2) is 90.1 Å². The second-order valence-corrected chi connectivity index (χ2v) is 9.47. The first-order valence-electron chi connectivity index (χ1n) is 11.7. The Kier molecular flexibility index (Phi) is 4.68. The molecule has 2 aliphatic rings. The zero-order chi connectivity index (χ0) is 22.5. The molecule has 1 aliphatic heterocycles. The van der Waals surface area contributed by atoms with E-state index in [4.69, 9.17) is 4.98 Å². The van der Waals surface area contributed by atoms with Crippen LogP contribution in [-0.4, -0.2) is 15.3 Å². The van der Waals surface area contributed by atoms with Crippen LogP contribution < -0.4 is 5.32 Å². The van der Waals surface area contributed by atoms with Crippen LogP contribution in [-0.2, 0) is 4.79 Å². The summed E-state index contributed by atoms with van der Waals surface area (Å²) in [5, 5.41) is 3.56. The number of benzene rings is 3. The van der Waals surface area contributed by atoms with Crippen LogP contribution >= 0.6 is 0 Å². The van der Waals surface area contributed by atoms with E-state index >= 15 is 0 Å². The van der Waals surface area contributed by atoms with Crippen LogP contribution in [0, 0.1) is 0 Å². The number of Topliss-reactive ketones (excluding diaryl/α,β-unsaturated/α-hetero) is 1. The van der Waals surface area contributed by atoms with E-state index in [1.165, 1.54) is 11.1 Å². The van der Waals surface area contributed by atoms with Crippen molar-refractivity contribution in [2.45, 2.75) is 44.6 Å². The van der Waals surface area contributed by atoms with Crippen molar-refractivity contribution in [3.8, 4) is 0 Å². The molecule has 0 bridgehead atoms. The average Bonchev–Trinajstić information content (AvgIpc) is 3.21. The summed E-state index contributed by atoms with van der Waals surface area (Å²) in [6.45, 7) is 4.41. The number of ketones is 1. The summed E-state index contributed by atoms with van der Waals surface area (Å²) in [4.78, 5) is 18.6. The van der Waals surface area contributed by atoms with Crippen LogP contribution in [0.5, 0.6) is 0 Å². The molecule has 0 saturated heterocycles. The molecule has 4 aromatic rings. The van der Waals surface area contributed by atoms with E-state index in [1.54, 1.807) is 0 Å². The zero-order valence-electron chi connectivity index (χ0n) is 19.0. The number of fused-ring (bicyclic) bond motifs is 3. The van der Waals surface area contributed by atoms with E-state index in [9.17, 15) is 4.79 Å². The highest BCUT2D eigenvalue weighted by molar-refractivity contribution is 6.01. The molecule has 2 unspecified atom stereocenters. The van der Waals surface area contributed by atoms with Gasteiger partial charge < -0.3 is 5.32 Å². The van der Waals surface area contributed by atoms with Gasteiger partial charge in [-0.3, -0.25) is 9.36 Å². The molecule has 0 fully saturated rings. The fourth-order valence-corrected chi connectivity index (χ4v) is 5.36. The normalized spacial score (nSPS) is 20.0. The average molecular weight is 434 g/mol. The Bertz CT molecular complexity index is 1380. The monoisotopic (exact) mass is 433 g/mol. The Balaban J connectivity index is 1.46. The van der Waals surface area contributed by atoms with Gasteiger partial charge in [-0.05, 0) is 47.1 Å². The van der Waals surface area contributed by atoms with Crippen LogP contribution in [0.4, 0.5) is 5.95 Å². The van der Waals surface area contributed by atoms with Gasteiger partial charge in [-0.25, -0.2) is 4.98 Å². The maximum atomic E-state index is 13.7. The summed E-state index contributed by atoms with van der Waals surface area (Å²) in [6.07, 6.45) is 1.35. The minimum Gasteiger partial charge on any atom is -0.329 e. The maximum absolute atomic E-state index is 13.7. The van der Waals surface area contributed by atoms with Gasteiger partial charge in [0.2, 0.25) is 5.95 Å². The Morgan fingerprint density at radius 2 is 1.61 bits per heavy atom. The van der Waals surface area contributed by atoms with E-state index in [0.717, 1.165) is 40.2 Å². The highest BCUT2D eigenvalue weighted by Crippen LogP contribution is 2.46. The summed E-state index contributed by atoms with van der Waals surface area (Å²) >= 11 is 0. The highest BCUT2D eigenvalue weighted by atomic mass is 16.1. The molecular formula is C29H27N3O. The minimum absolute atomic E-state index is 0.165. The maximum Gasteiger partial charge on any atom is 0.209 e. The zero-order valence-corrected chi connectivity index (χ0v) is 19.0. The number of carbonyl (C=O) groups excluding carboxylic acids is 1. The molecular weight excluding hydrogens is 406 g/mol. The molecule has 1 aliphatic carbocycles. The van der Waals surface area contributed by atoms with Crippen molar-refractivity contribution in [1.82, 2.24) is 9.55 Å². The minimum atomic E-state index is -0.165. The molecule has 4 nitrogen and oxygen atoms in total. The fourth-order valence-electron chi connectivity index (χ4n) is 5.36. The Hall–Kier alpha value is -3.66. The summed E-state index contributed by atoms with van der Waals surface area (Å²) in [7, 11) is 0. The molecule has 33 heavy (non-hydrogen) atoms. The van der Waals surface area contributed by atoms with Crippen LogP contribution in [0.2, 0.25) is 0 Å². The lowest BCUT2D eigenvalue weighted by Gasteiger charge is -2.36. The molecule has 1 aromatic heterocycles. The Morgan fingerprint density at radius 1 is 0.879 bits per heavy atom. The van der Waals surface area contributed by atoms with Gasteiger partial charge >= 0.3 is 0 Å². The smallest absolute Gasteiger partial charge is 0.209 e. The van der Waals surface area contributed by atoms with Gasteiger partial charge in [-0.2, -0.15) is 0 Å². The van der Waals surface area contributed by atoms with Crippen molar-refractivity contribution in [3.63, 3.8) is 0 Å². The highest BCUT2D eigenvalue weighted by Gasteiger charge is 2.39. The molecule has 0 spiro atoms. The van der Waals surface area contributed by atoms with E-state index < -0.39 is 0 Å². The number of hydrogen-bond donors (Lipinski definition) is 1. The topological polar surface area (TPSA) is 46.9 Å². The summed E-state index contributed by atoms with van der Waals surface area (Å²) in [5.41, 5.74) is 7.55. The van der Waals surface area contributed by atoms with E-state index in [0.29, 0.717) is 12.3 Å². The molecule has 4 heteroatoms.